The topological polar surface area (TPSA) is 17.1 Å². The van der Waals surface area contributed by atoms with Crippen LogP contribution in [0.4, 0.5) is 0 Å². The zero-order valence-corrected chi connectivity index (χ0v) is 10.7. The van der Waals surface area contributed by atoms with Crippen molar-refractivity contribution in [2.24, 2.45) is 0 Å². The van der Waals surface area contributed by atoms with Crippen LogP contribution >= 0.6 is 11.8 Å². The number of allylic oxidation sites excluding steroid dienone is 1. The molecule has 1 aromatic carbocycles. The van der Waals surface area contributed by atoms with Crippen molar-refractivity contribution in [1.82, 2.24) is 0 Å². The van der Waals surface area contributed by atoms with Crippen LogP contribution in [0.25, 0.3) is 0 Å². The molecule has 0 N–H and O–H groups in total. The van der Waals surface area contributed by atoms with E-state index in [1.807, 2.05) is 12.1 Å². The molecule has 0 aliphatic heterocycles. The zero-order chi connectivity index (χ0) is 11.8. The van der Waals surface area contributed by atoms with Gasteiger partial charge in [0.25, 0.3) is 0 Å². The Bertz CT molecular complexity index is 343. The summed E-state index contributed by atoms with van der Waals surface area (Å²) in [7, 11) is 0. The first-order chi connectivity index (χ1) is 7.72. The van der Waals surface area contributed by atoms with Crippen LogP contribution in [-0.2, 0) is 11.2 Å². The number of carbonyl (C=O) groups is 1. The van der Waals surface area contributed by atoms with Crippen molar-refractivity contribution in [1.29, 1.82) is 0 Å². The zero-order valence-electron chi connectivity index (χ0n) is 9.85. The van der Waals surface area contributed by atoms with Crippen LogP contribution in [0.1, 0.15) is 18.9 Å². The minimum absolute atomic E-state index is 0.124. The Morgan fingerprint density at radius 3 is 2.62 bits per heavy atom. The first-order valence-corrected chi connectivity index (χ1v) is 6.76. The molecule has 0 amide bonds. The van der Waals surface area contributed by atoms with Crippen LogP contribution in [0, 0.1) is 0 Å². The number of aryl methyl sites for hydroxylation is 1. The van der Waals surface area contributed by atoms with Crippen molar-refractivity contribution < 1.29 is 4.79 Å². The Kier molecular flexibility index (Phi) is 5.94. The molecule has 0 radical (unpaired) electrons. The highest BCUT2D eigenvalue weighted by Gasteiger charge is 2.03. The van der Waals surface area contributed by atoms with Gasteiger partial charge in [0.1, 0.15) is 0 Å². The summed E-state index contributed by atoms with van der Waals surface area (Å²) in [5, 5.41) is 0.434. The van der Waals surface area contributed by atoms with Gasteiger partial charge in [0.15, 0.2) is 5.78 Å². The Morgan fingerprint density at radius 2 is 2.06 bits per heavy atom. The predicted octanol–water partition coefficient (Wildman–Crippen LogP) is 3.50. The molecule has 0 spiro atoms. The monoisotopic (exact) mass is 234 g/mol. The van der Waals surface area contributed by atoms with Gasteiger partial charge in [-0.1, -0.05) is 36.4 Å². The van der Waals surface area contributed by atoms with Crippen LogP contribution in [0.5, 0.6) is 0 Å². The summed E-state index contributed by atoms with van der Waals surface area (Å²) in [4.78, 5) is 10.8. The van der Waals surface area contributed by atoms with Gasteiger partial charge in [0, 0.05) is 5.25 Å². The highest BCUT2D eigenvalue weighted by molar-refractivity contribution is 7.99. The molecule has 1 rings (SSSR count). The number of carbonyl (C=O) groups excluding carboxylic acids is 1. The van der Waals surface area contributed by atoms with E-state index in [2.05, 4.69) is 30.5 Å². The van der Waals surface area contributed by atoms with Gasteiger partial charge in [-0.2, -0.15) is 11.8 Å². The number of hydrogen-bond acceptors (Lipinski definition) is 2. The maximum Gasteiger partial charge on any atom is 0.152 e. The molecule has 0 aromatic heterocycles. The SMILES string of the molecule is CSC(/C=C/C(C)=O)CCc1ccccc1. The van der Waals surface area contributed by atoms with Gasteiger partial charge in [-0.25, -0.2) is 0 Å². The molecule has 0 saturated heterocycles. The summed E-state index contributed by atoms with van der Waals surface area (Å²) in [6.07, 6.45) is 7.91. The summed E-state index contributed by atoms with van der Waals surface area (Å²) >= 11 is 1.79. The summed E-state index contributed by atoms with van der Waals surface area (Å²) in [6, 6.07) is 10.5. The lowest BCUT2D eigenvalue weighted by Crippen LogP contribution is -2.01. The summed E-state index contributed by atoms with van der Waals surface area (Å²) < 4.78 is 0. The van der Waals surface area contributed by atoms with Gasteiger partial charge < -0.3 is 0 Å². The van der Waals surface area contributed by atoms with Crippen LogP contribution < -0.4 is 0 Å². The van der Waals surface area contributed by atoms with Gasteiger partial charge in [-0.15, -0.1) is 0 Å². The molecule has 0 bridgehead atoms. The van der Waals surface area contributed by atoms with E-state index in [0.717, 1.165) is 12.8 Å². The fourth-order valence-electron chi connectivity index (χ4n) is 1.49. The number of hydrogen-bond donors (Lipinski definition) is 0. The fourth-order valence-corrected chi connectivity index (χ4v) is 2.08. The van der Waals surface area contributed by atoms with E-state index >= 15 is 0 Å². The van der Waals surface area contributed by atoms with Gasteiger partial charge in [0.05, 0.1) is 0 Å². The first-order valence-electron chi connectivity index (χ1n) is 5.48. The molecule has 16 heavy (non-hydrogen) atoms. The first kappa shape index (κ1) is 13.0. The second kappa shape index (κ2) is 7.29. The molecule has 86 valence electrons. The summed E-state index contributed by atoms with van der Waals surface area (Å²) in [5.41, 5.74) is 1.36. The quantitative estimate of drug-likeness (QED) is 0.701. The second-order valence-corrected chi connectivity index (χ2v) is 4.85. The molecule has 0 fully saturated rings. The van der Waals surface area contributed by atoms with Crippen molar-refractivity contribution >= 4 is 17.5 Å². The molecule has 1 nitrogen and oxygen atoms in total. The van der Waals surface area contributed by atoms with E-state index in [9.17, 15) is 4.79 Å². The minimum Gasteiger partial charge on any atom is -0.295 e. The number of benzene rings is 1. The van der Waals surface area contributed by atoms with Crippen molar-refractivity contribution in [2.45, 2.75) is 25.0 Å². The van der Waals surface area contributed by atoms with Gasteiger partial charge in [-0.3, -0.25) is 4.79 Å². The molecular weight excluding hydrogens is 216 g/mol. The Labute approximate surface area is 102 Å². The van der Waals surface area contributed by atoms with Crippen molar-refractivity contribution in [3.05, 3.63) is 48.0 Å². The third-order valence-corrected chi connectivity index (χ3v) is 3.41. The Hall–Kier alpha value is -1.02. The highest BCUT2D eigenvalue weighted by atomic mass is 32.2. The number of ketones is 1. The van der Waals surface area contributed by atoms with Crippen LogP contribution in [0.3, 0.4) is 0 Å². The molecule has 0 heterocycles. The maximum absolute atomic E-state index is 10.8. The second-order valence-electron chi connectivity index (χ2n) is 3.77. The number of thioether (sulfide) groups is 1. The Morgan fingerprint density at radius 1 is 1.38 bits per heavy atom. The molecular formula is C14H18OS. The van der Waals surface area contributed by atoms with Gasteiger partial charge >= 0.3 is 0 Å². The third-order valence-electron chi connectivity index (χ3n) is 2.41. The van der Waals surface area contributed by atoms with E-state index in [4.69, 9.17) is 0 Å². The maximum atomic E-state index is 10.8. The lowest BCUT2D eigenvalue weighted by molar-refractivity contribution is -0.112. The molecule has 1 atom stereocenters. The standard InChI is InChI=1S/C14H18OS/c1-12(15)8-10-14(16-2)11-9-13-6-4-3-5-7-13/h3-8,10,14H,9,11H2,1-2H3/b10-8+. The van der Waals surface area contributed by atoms with E-state index < -0.39 is 0 Å². The molecule has 0 aliphatic carbocycles. The van der Waals surface area contributed by atoms with E-state index in [0.29, 0.717) is 5.25 Å². The summed E-state index contributed by atoms with van der Waals surface area (Å²) in [6.45, 7) is 1.59. The molecule has 0 aliphatic rings. The minimum atomic E-state index is 0.124. The highest BCUT2D eigenvalue weighted by Crippen LogP contribution is 2.16. The van der Waals surface area contributed by atoms with Gasteiger partial charge in [0.2, 0.25) is 0 Å². The largest absolute Gasteiger partial charge is 0.295 e. The normalized spacial score (nSPS) is 12.9. The fraction of sp³-hybridized carbons (Fsp3) is 0.357. The van der Waals surface area contributed by atoms with E-state index in [1.54, 1.807) is 24.8 Å². The van der Waals surface area contributed by atoms with Crippen LogP contribution in [-0.4, -0.2) is 17.3 Å². The lowest BCUT2D eigenvalue weighted by Gasteiger charge is -2.09. The summed E-state index contributed by atoms with van der Waals surface area (Å²) in [5.74, 6) is 0.124. The van der Waals surface area contributed by atoms with Crippen LogP contribution in [0.2, 0.25) is 0 Å². The van der Waals surface area contributed by atoms with Crippen molar-refractivity contribution in [3.63, 3.8) is 0 Å². The predicted molar refractivity (Wildman–Crippen MR) is 71.9 cm³/mol. The molecule has 1 unspecified atom stereocenters. The van der Waals surface area contributed by atoms with Crippen LogP contribution in [0.15, 0.2) is 42.5 Å². The lowest BCUT2D eigenvalue weighted by atomic mass is 10.1. The molecule has 1 aromatic rings. The van der Waals surface area contributed by atoms with Gasteiger partial charge in [-0.05, 0) is 37.7 Å². The average Bonchev–Trinajstić information content (AvgIpc) is 2.30. The van der Waals surface area contributed by atoms with E-state index in [-0.39, 0.29) is 5.78 Å². The van der Waals surface area contributed by atoms with E-state index in [1.165, 1.54) is 5.56 Å². The average molecular weight is 234 g/mol. The Balaban J connectivity index is 2.43. The molecule has 2 heteroatoms. The van der Waals surface area contributed by atoms with Crippen molar-refractivity contribution in [2.75, 3.05) is 6.26 Å². The number of rotatable bonds is 6. The third kappa shape index (κ3) is 5.17. The smallest absolute Gasteiger partial charge is 0.152 e. The molecule has 0 saturated carbocycles. The van der Waals surface area contributed by atoms with Crippen molar-refractivity contribution in [3.8, 4) is 0 Å².